The van der Waals surface area contributed by atoms with Gasteiger partial charge in [-0.15, -0.1) is 0 Å². The molecule has 1 aromatic carbocycles. The Bertz CT molecular complexity index is 365. The standard InChI is InChI=1S/C13H19NO3/c1-3-17-12-6-4-5-11(9-12)10(2)14-8-7-13(15)16/h4-6,9-10,14H,3,7-8H2,1-2H3,(H,15,16). The van der Waals surface area contributed by atoms with Gasteiger partial charge in [0, 0.05) is 12.6 Å². The highest BCUT2D eigenvalue weighted by molar-refractivity contribution is 5.66. The Hall–Kier alpha value is -1.55. The van der Waals surface area contributed by atoms with Crippen molar-refractivity contribution in [2.75, 3.05) is 13.2 Å². The highest BCUT2D eigenvalue weighted by Crippen LogP contribution is 2.18. The second-order valence-electron chi connectivity index (χ2n) is 3.83. The first-order valence-electron chi connectivity index (χ1n) is 5.81. The number of carboxylic acids is 1. The lowest BCUT2D eigenvalue weighted by Crippen LogP contribution is -2.21. The molecule has 0 aromatic heterocycles. The van der Waals surface area contributed by atoms with E-state index < -0.39 is 5.97 Å². The molecule has 1 rings (SSSR count). The van der Waals surface area contributed by atoms with Crippen molar-refractivity contribution in [3.05, 3.63) is 29.8 Å². The molecule has 0 aliphatic carbocycles. The molecule has 17 heavy (non-hydrogen) atoms. The number of carbonyl (C=O) groups is 1. The van der Waals surface area contributed by atoms with Gasteiger partial charge in [-0.2, -0.15) is 0 Å². The maximum absolute atomic E-state index is 10.4. The first kappa shape index (κ1) is 13.5. The zero-order valence-corrected chi connectivity index (χ0v) is 10.3. The van der Waals surface area contributed by atoms with Crippen LogP contribution in [-0.4, -0.2) is 24.2 Å². The Labute approximate surface area is 102 Å². The van der Waals surface area contributed by atoms with Crippen LogP contribution in [0, 0.1) is 0 Å². The predicted molar refractivity (Wildman–Crippen MR) is 66.3 cm³/mol. The van der Waals surface area contributed by atoms with Crippen molar-refractivity contribution in [2.45, 2.75) is 26.3 Å². The Kier molecular flexibility index (Phi) is 5.49. The van der Waals surface area contributed by atoms with E-state index in [0.717, 1.165) is 11.3 Å². The maximum atomic E-state index is 10.4. The molecule has 94 valence electrons. The maximum Gasteiger partial charge on any atom is 0.304 e. The van der Waals surface area contributed by atoms with Crippen LogP contribution in [0.25, 0.3) is 0 Å². The number of hydrogen-bond donors (Lipinski definition) is 2. The van der Waals surface area contributed by atoms with Gasteiger partial charge < -0.3 is 15.2 Å². The first-order chi connectivity index (χ1) is 8.13. The quantitative estimate of drug-likeness (QED) is 0.763. The summed E-state index contributed by atoms with van der Waals surface area (Å²) in [7, 11) is 0. The normalized spacial score (nSPS) is 12.1. The van der Waals surface area contributed by atoms with Crippen LogP contribution >= 0.6 is 0 Å². The summed E-state index contributed by atoms with van der Waals surface area (Å²) in [5.41, 5.74) is 1.10. The third-order valence-electron chi connectivity index (χ3n) is 2.46. The number of nitrogens with one attached hydrogen (secondary N) is 1. The van der Waals surface area contributed by atoms with E-state index in [9.17, 15) is 4.79 Å². The average Bonchev–Trinajstić information content (AvgIpc) is 2.29. The zero-order valence-electron chi connectivity index (χ0n) is 10.3. The summed E-state index contributed by atoms with van der Waals surface area (Å²) < 4.78 is 5.42. The van der Waals surface area contributed by atoms with Crippen molar-refractivity contribution in [1.82, 2.24) is 5.32 Å². The van der Waals surface area contributed by atoms with Crippen LogP contribution in [0.3, 0.4) is 0 Å². The molecule has 0 fully saturated rings. The lowest BCUT2D eigenvalue weighted by Gasteiger charge is -2.14. The summed E-state index contributed by atoms with van der Waals surface area (Å²) in [6, 6.07) is 7.95. The third kappa shape index (κ3) is 4.87. The number of carboxylic acid groups (broad SMARTS) is 1. The highest BCUT2D eigenvalue weighted by Gasteiger charge is 2.06. The summed E-state index contributed by atoms with van der Waals surface area (Å²) in [6.45, 7) is 5.06. The smallest absolute Gasteiger partial charge is 0.304 e. The molecule has 0 amide bonds. The van der Waals surface area contributed by atoms with Crippen LogP contribution < -0.4 is 10.1 Å². The summed E-state index contributed by atoms with van der Waals surface area (Å²) in [6.07, 6.45) is 0.134. The Morgan fingerprint density at radius 3 is 2.94 bits per heavy atom. The molecule has 1 unspecified atom stereocenters. The van der Waals surface area contributed by atoms with Gasteiger partial charge >= 0.3 is 5.97 Å². The van der Waals surface area contributed by atoms with Crippen LogP contribution in [0.15, 0.2) is 24.3 Å². The van der Waals surface area contributed by atoms with Crippen molar-refractivity contribution in [2.24, 2.45) is 0 Å². The van der Waals surface area contributed by atoms with Crippen LogP contribution in [-0.2, 0) is 4.79 Å². The van der Waals surface area contributed by atoms with Gasteiger partial charge in [0.1, 0.15) is 5.75 Å². The van der Waals surface area contributed by atoms with Gasteiger partial charge in [-0.05, 0) is 31.5 Å². The predicted octanol–water partition coefficient (Wildman–Crippen LogP) is 2.21. The summed E-state index contributed by atoms with van der Waals surface area (Å²) in [4.78, 5) is 10.4. The van der Waals surface area contributed by atoms with Gasteiger partial charge in [-0.1, -0.05) is 12.1 Å². The first-order valence-corrected chi connectivity index (χ1v) is 5.81. The molecule has 0 spiro atoms. The van der Waals surface area contributed by atoms with Gasteiger partial charge in [0.15, 0.2) is 0 Å². The number of rotatable bonds is 7. The van der Waals surface area contributed by atoms with Crippen molar-refractivity contribution < 1.29 is 14.6 Å². The molecule has 2 N–H and O–H groups in total. The van der Waals surface area contributed by atoms with Crippen molar-refractivity contribution in [3.63, 3.8) is 0 Å². The molecule has 0 saturated carbocycles. The average molecular weight is 237 g/mol. The van der Waals surface area contributed by atoms with Crippen molar-refractivity contribution >= 4 is 5.97 Å². The lowest BCUT2D eigenvalue weighted by molar-refractivity contribution is -0.136. The molecule has 1 atom stereocenters. The minimum absolute atomic E-state index is 0.120. The van der Waals surface area contributed by atoms with E-state index in [-0.39, 0.29) is 12.5 Å². The van der Waals surface area contributed by atoms with Crippen LogP contribution in [0.1, 0.15) is 31.9 Å². The van der Waals surface area contributed by atoms with Crippen LogP contribution in [0.5, 0.6) is 5.75 Å². The van der Waals surface area contributed by atoms with Crippen molar-refractivity contribution in [1.29, 1.82) is 0 Å². The second kappa shape index (κ2) is 6.91. The number of hydrogen-bond acceptors (Lipinski definition) is 3. The fraction of sp³-hybridized carbons (Fsp3) is 0.462. The van der Waals surface area contributed by atoms with Gasteiger partial charge in [0.05, 0.1) is 13.0 Å². The Morgan fingerprint density at radius 2 is 2.29 bits per heavy atom. The zero-order chi connectivity index (χ0) is 12.7. The SMILES string of the molecule is CCOc1cccc(C(C)NCCC(=O)O)c1. The highest BCUT2D eigenvalue weighted by atomic mass is 16.5. The molecule has 0 aliphatic heterocycles. The number of benzene rings is 1. The molecule has 4 nitrogen and oxygen atoms in total. The van der Waals surface area contributed by atoms with Crippen LogP contribution in [0.4, 0.5) is 0 Å². The largest absolute Gasteiger partial charge is 0.494 e. The third-order valence-corrected chi connectivity index (χ3v) is 2.46. The molecule has 0 bridgehead atoms. The van der Waals surface area contributed by atoms with E-state index >= 15 is 0 Å². The Morgan fingerprint density at radius 1 is 1.53 bits per heavy atom. The fourth-order valence-electron chi connectivity index (χ4n) is 1.55. The topological polar surface area (TPSA) is 58.6 Å². The van der Waals surface area contributed by atoms with Crippen LogP contribution in [0.2, 0.25) is 0 Å². The van der Waals surface area contributed by atoms with Crippen molar-refractivity contribution in [3.8, 4) is 5.75 Å². The van der Waals surface area contributed by atoms with E-state index in [1.807, 2.05) is 38.1 Å². The summed E-state index contributed by atoms with van der Waals surface area (Å²) in [5.74, 6) is 0.0599. The molecule has 0 saturated heterocycles. The molecule has 0 radical (unpaired) electrons. The minimum Gasteiger partial charge on any atom is -0.494 e. The summed E-state index contributed by atoms with van der Waals surface area (Å²) in [5, 5.41) is 11.7. The summed E-state index contributed by atoms with van der Waals surface area (Å²) >= 11 is 0. The second-order valence-corrected chi connectivity index (χ2v) is 3.83. The minimum atomic E-state index is -0.784. The fourth-order valence-corrected chi connectivity index (χ4v) is 1.55. The molecule has 0 aliphatic rings. The molecular weight excluding hydrogens is 218 g/mol. The van der Waals surface area contributed by atoms with E-state index in [4.69, 9.17) is 9.84 Å². The monoisotopic (exact) mass is 237 g/mol. The van der Waals surface area contributed by atoms with Gasteiger partial charge in [0.25, 0.3) is 0 Å². The molecular formula is C13H19NO3. The van der Waals surface area contributed by atoms with Gasteiger partial charge in [0.2, 0.25) is 0 Å². The van der Waals surface area contributed by atoms with E-state index in [1.165, 1.54) is 0 Å². The Balaban J connectivity index is 2.52. The lowest BCUT2D eigenvalue weighted by atomic mass is 10.1. The number of ether oxygens (including phenoxy) is 1. The van der Waals surface area contributed by atoms with Gasteiger partial charge in [-0.25, -0.2) is 0 Å². The molecule has 0 heterocycles. The van der Waals surface area contributed by atoms with E-state index in [0.29, 0.717) is 13.2 Å². The van der Waals surface area contributed by atoms with E-state index in [2.05, 4.69) is 5.32 Å². The molecule has 1 aromatic rings. The number of aliphatic carboxylic acids is 1. The van der Waals surface area contributed by atoms with Gasteiger partial charge in [-0.3, -0.25) is 4.79 Å². The van der Waals surface area contributed by atoms with E-state index in [1.54, 1.807) is 0 Å². The molecule has 4 heteroatoms.